The van der Waals surface area contributed by atoms with Crippen LogP contribution < -0.4 is 5.73 Å². The van der Waals surface area contributed by atoms with Crippen LogP contribution in [0.4, 0.5) is 0 Å². The molecule has 1 fully saturated rings. The maximum Gasteiger partial charge on any atom is 0.339 e. The highest BCUT2D eigenvalue weighted by Crippen LogP contribution is 2.33. The van der Waals surface area contributed by atoms with Crippen molar-refractivity contribution in [1.29, 1.82) is 0 Å². The number of piperidine rings is 1. The summed E-state index contributed by atoms with van der Waals surface area (Å²) < 4.78 is 32.0. The summed E-state index contributed by atoms with van der Waals surface area (Å²) in [4.78, 5) is 11.8. The van der Waals surface area contributed by atoms with E-state index in [4.69, 9.17) is 17.3 Å². The highest BCUT2D eigenvalue weighted by atomic mass is 35.5. The van der Waals surface area contributed by atoms with Crippen molar-refractivity contribution < 1.29 is 17.9 Å². The SMILES string of the molecule is COC(=O)c1ccc(Cl)cc1S(=O)(=O)N1CCC(N)C(C)(C)C1.Cl. The van der Waals surface area contributed by atoms with E-state index < -0.39 is 16.0 Å². The van der Waals surface area contributed by atoms with E-state index in [1.165, 1.54) is 29.6 Å². The van der Waals surface area contributed by atoms with Gasteiger partial charge in [-0.15, -0.1) is 12.4 Å². The predicted octanol–water partition coefficient (Wildman–Crippen LogP) is 2.30. The zero-order valence-electron chi connectivity index (χ0n) is 13.8. The van der Waals surface area contributed by atoms with Crippen molar-refractivity contribution in [2.24, 2.45) is 11.1 Å². The summed E-state index contributed by atoms with van der Waals surface area (Å²) in [5, 5.41) is 0.240. The van der Waals surface area contributed by atoms with Gasteiger partial charge in [-0.3, -0.25) is 0 Å². The van der Waals surface area contributed by atoms with Crippen molar-refractivity contribution in [3.8, 4) is 0 Å². The first-order valence-corrected chi connectivity index (χ1v) is 9.05. The van der Waals surface area contributed by atoms with Crippen molar-refractivity contribution in [2.75, 3.05) is 20.2 Å². The van der Waals surface area contributed by atoms with Crippen molar-refractivity contribution in [2.45, 2.75) is 31.2 Å². The van der Waals surface area contributed by atoms with Crippen molar-refractivity contribution in [1.82, 2.24) is 4.31 Å². The number of nitrogens with two attached hydrogens (primary N) is 1. The number of ether oxygens (including phenoxy) is 1. The highest BCUT2D eigenvalue weighted by molar-refractivity contribution is 7.89. The van der Waals surface area contributed by atoms with Crippen LogP contribution in [-0.4, -0.2) is 44.9 Å². The fourth-order valence-corrected chi connectivity index (χ4v) is 4.73. The van der Waals surface area contributed by atoms with E-state index in [2.05, 4.69) is 4.74 Å². The van der Waals surface area contributed by atoms with E-state index in [0.29, 0.717) is 13.0 Å². The third kappa shape index (κ3) is 4.03. The quantitative estimate of drug-likeness (QED) is 0.791. The average molecular weight is 397 g/mol. The molecule has 0 amide bonds. The van der Waals surface area contributed by atoms with Gasteiger partial charge in [0, 0.05) is 24.2 Å². The maximum atomic E-state index is 13.0. The van der Waals surface area contributed by atoms with E-state index in [0.717, 1.165) is 0 Å². The van der Waals surface area contributed by atoms with Gasteiger partial charge in [-0.05, 0) is 30.0 Å². The Bertz CT molecular complexity index is 722. The molecule has 1 aliphatic heterocycles. The second kappa shape index (κ2) is 7.58. The van der Waals surface area contributed by atoms with Crippen molar-refractivity contribution in [3.05, 3.63) is 28.8 Å². The molecule has 2 rings (SSSR count). The number of methoxy groups -OCH3 is 1. The summed E-state index contributed by atoms with van der Waals surface area (Å²) in [6.07, 6.45) is 0.556. The smallest absolute Gasteiger partial charge is 0.339 e. The molecule has 1 aliphatic rings. The summed E-state index contributed by atoms with van der Waals surface area (Å²) in [5.74, 6) is -0.715. The number of carbonyl (C=O) groups is 1. The molecule has 0 bridgehead atoms. The number of nitrogens with zero attached hydrogens (tertiary/aromatic N) is 1. The van der Waals surface area contributed by atoms with E-state index in [9.17, 15) is 13.2 Å². The Hall–Kier alpha value is -0.860. The largest absolute Gasteiger partial charge is 0.465 e. The number of rotatable bonds is 3. The van der Waals surface area contributed by atoms with Crippen LogP contribution in [0, 0.1) is 5.41 Å². The van der Waals surface area contributed by atoms with Gasteiger partial charge in [0.1, 0.15) is 0 Å². The number of hydrogen-bond acceptors (Lipinski definition) is 5. The number of carbonyl (C=O) groups excluding carboxylic acids is 1. The molecule has 0 aromatic heterocycles. The zero-order chi connectivity index (χ0) is 17.4. The summed E-state index contributed by atoms with van der Waals surface area (Å²) in [6, 6.07) is 4.03. The first-order valence-electron chi connectivity index (χ1n) is 7.23. The molecule has 0 aliphatic carbocycles. The molecule has 1 heterocycles. The molecular weight excluding hydrogens is 375 g/mol. The van der Waals surface area contributed by atoms with Gasteiger partial charge >= 0.3 is 5.97 Å². The van der Waals surface area contributed by atoms with Crippen LogP contribution in [0.3, 0.4) is 0 Å². The summed E-state index contributed by atoms with van der Waals surface area (Å²) >= 11 is 5.93. The van der Waals surface area contributed by atoms with Gasteiger partial charge in [0.15, 0.2) is 0 Å². The topological polar surface area (TPSA) is 89.7 Å². The first kappa shape index (κ1) is 21.2. The average Bonchev–Trinajstić information content (AvgIpc) is 2.49. The lowest BCUT2D eigenvalue weighted by Crippen LogP contribution is -2.54. The second-order valence-corrected chi connectivity index (χ2v) is 8.70. The lowest BCUT2D eigenvalue weighted by atomic mass is 9.81. The molecule has 1 unspecified atom stereocenters. The Morgan fingerprint density at radius 1 is 1.42 bits per heavy atom. The van der Waals surface area contributed by atoms with Crippen LogP contribution in [-0.2, 0) is 14.8 Å². The third-order valence-electron chi connectivity index (χ3n) is 4.24. The minimum absolute atomic E-state index is 0. The Balaban J connectivity index is 0.00000288. The zero-order valence-corrected chi connectivity index (χ0v) is 16.2. The second-order valence-electron chi connectivity index (χ2n) is 6.35. The summed E-state index contributed by atoms with van der Waals surface area (Å²) in [6.45, 7) is 4.45. The van der Waals surface area contributed by atoms with Crippen LogP contribution in [0.25, 0.3) is 0 Å². The normalized spacial score (nSPS) is 21.0. The molecule has 136 valence electrons. The number of sulfonamides is 1. The van der Waals surface area contributed by atoms with Gasteiger partial charge in [0.05, 0.1) is 17.6 Å². The number of hydrogen-bond donors (Lipinski definition) is 1. The molecular formula is C15H22Cl2N2O4S. The summed E-state index contributed by atoms with van der Waals surface area (Å²) in [5.41, 5.74) is 5.69. The van der Waals surface area contributed by atoms with Crippen LogP contribution in [0.15, 0.2) is 23.1 Å². The third-order valence-corrected chi connectivity index (χ3v) is 6.36. The van der Waals surface area contributed by atoms with Gasteiger partial charge in [0.25, 0.3) is 0 Å². The van der Waals surface area contributed by atoms with Crippen molar-refractivity contribution in [3.63, 3.8) is 0 Å². The Labute approximate surface area is 153 Å². The van der Waals surface area contributed by atoms with Gasteiger partial charge in [-0.1, -0.05) is 25.4 Å². The van der Waals surface area contributed by atoms with Crippen LogP contribution in [0.2, 0.25) is 5.02 Å². The Morgan fingerprint density at radius 3 is 2.58 bits per heavy atom. The molecule has 2 N–H and O–H groups in total. The molecule has 0 spiro atoms. The molecule has 0 saturated carbocycles. The molecule has 6 nitrogen and oxygen atoms in total. The molecule has 9 heteroatoms. The fraction of sp³-hybridized carbons (Fsp3) is 0.533. The molecule has 1 saturated heterocycles. The van der Waals surface area contributed by atoms with Gasteiger partial charge in [-0.25, -0.2) is 13.2 Å². The van der Waals surface area contributed by atoms with E-state index in [-0.39, 0.29) is 45.9 Å². The highest BCUT2D eigenvalue weighted by Gasteiger charge is 2.40. The van der Waals surface area contributed by atoms with Crippen LogP contribution in [0.1, 0.15) is 30.6 Å². The molecule has 1 aromatic carbocycles. The van der Waals surface area contributed by atoms with Gasteiger partial charge in [0.2, 0.25) is 10.0 Å². The summed E-state index contributed by atoms with van der Waals surface area (Å²) in [7, 11) is -2.67. The lowest BCUT2D eigenvalue weighted by molar-refractivity contribution is 0.0596. The minimum Gasteiger partial charge on any atom is -0.465 e. The molecule has 1 atom stereocenters. The monoisotopic (exact) mass is 396 g/mol. The number of esters is 1. The molecule has 1 aromatic rings. The lowest BCUT2D eigenvalue weighted by Gasteiger charge is -2.41. The van der Waals surface area contributed by atoms with Gasteiger partial charge in [-0.2, -0.15) is 4.31 Å². The van der Waals surface area contributed by atoms with Crippen LogP contribution >= 0.6 is 24.0 Å². The van der Waals surface area contributed by atoms with E-state index in [1.54, 1.807) is 0 Å². The fourth-order valence-electron chi connectivity index (χ4n) is 2.66. The molecule has 24 heavy (non-hydrogen) atoms. The number of halogens is 2. The number of benzene rings is 1. The molecule has 0 radical (unpaired) electrons. The Morgan fingerprint density at radius 2 is 2.04 bits per heavy atom. The predicted molar refractivity (Wildman–Crippen MR) is 95.2 cm³/mol. The minimum atomic E-state index is -3.87. The standard InChI is InChI=1S/C15H21ClN2O4S.ClH/c1-15(2)9-18(7-6-13(15)17)23(20,21)12-8-10(16)4-5-11(12)14(19)22-3;/h4-5,8,13H,6-7,9,17H2,1-3H3;1H. The van der Waals surface area contributed by atoms with E-state index >= 15 is 0 Å². The Kier molecular flexibility index (Phi) is 6.69. The first-order chi connectivity index (χ1) is 10.6. The van der Waals surface area contributed by atoms with Gasteiger partial charge < -0.3 is 10.5 Å². The van der Waals surface area contributed by atoms with Crippen molar-refractivity contribution >= 4 is 40.0 Å². The van der Waals surface area contributed by atoms with E-state index in [1.807, 2.05) is 13.8 Å². The maximum absolute atomic E-state index is 13.0. The van der Waals surface area contributed by atoms with Crippen LogP contribution in [0.5, 0.6) is 0 Å².